The van der Waals surface area contributed by atoms with Gasteiger partial charge in [-0.1, -0.05) is 13.3 Å². The first kappa shape index (κ1) is 19.0. The van der Waals surface area contributed by atoms with Gasteiger partial charge < -0.3 is 24.7 Å². The Morgan fingerprint density at radius 3 is 3.04 bits per heavy atom. The summed E-state index contributed by atoms with van der Waals surface area (Å²) in [5, 5.41) is 5.67. The van der Waals surface area contributed by atoms with E-state index in [0.29, 0.717) is 26.2 Å². The van der Waals surface area contributed by atoms with Crippen molar-refractivity contribution in [3.63, 3.8) is 0 Å². The molecule has 0 saturated carbocycles. The summed E-state index contributed by atoms with van der Waals surface area (Å²) in [5.41, 5.74) is 0. The molecule has 1 unspecified atom stereocenters. The third-order valence-electron chi connectivity index (χ3n) is 3.93. The highest BCUT2D eigenvalue weighted by Gasteiger charge is 2.34. The molecule has 25 heavy (non-hydrogen) atoms. The topological polar surface area (TPSA) is 101 Å². The van der Waals surface area contributed by atoms with Crippen LogP contribution in [0.15, 0.2) is 22.8 Å². The van der Waals surface area contributed by atoms with E-state index in [-0.39, 0.29) is 24.8 Å². The lowest BCUT2D eigenvalue weighted by Crippen LogP contribution is -2.59. The number of piperazine rings is 1. The summed E-state index contributed by atoms with van der Waals surface area (Å²) < 4.78 is 10.3. The Labute approximate surface area is 146 Å². The Morgan fingerprint density at radius 1 is 1.48 bits per heavy atom. The molecule has 0 bridgehead atoms. The van der Waals surface area contributed by atoms with Gasteiger partial charge in [0.2, 0.25) is 11.8 Å². The molecule has 1 aromatic rings. The molecule has 8 heteroatoms. The zero-order chi connectivity index (χ0) is 18.1. The number of carbonyl (C=O) groups is 3. The van der Waals surface area contributed by atoms with Crippen molar-refractivity contribution in [2.24, 2.45) is 0 Å². The minimum Gasteiger partial charge on any atom is -0.468 e. The lowest BCUT2D eigenvalue weighted by molar-refractivity contribution is -0.151. The predicted molar refractivity (Wildman–Crippen MR) is 89.4 cm³/mol. The summed E-state index contributed by atoms with van der Waals surface area (Å²) >= 11 is 0. The zero-order valence-electron chi connectivity index (χ0n) is 14.5. The van der Waals surface area contributed by atoms with Crippen molar-refractivity contribution in [2.45, 2.75) is 38.8 Å². The number of furan rings is 1. The van der Waals surface area contributed by atoms with E-state index in [1.165, 1.54) is 4.90 Å². The molecule has 0 aromatic carbocycles. The van der Waals surface area contributed by atoms with Crippen LogP contribution >= 0.6 is 0 Å². The third-order valence-corrected chi connectivity index (χ3v) is 3.93. The van der Waals surface area contributed by atoms with Crippen LogP contribution in [0, 0.1) is 0 Å². The summed E-state index contributed by atoms with van der Waals surface area (Å²) in [6.07, 6.45) is 3.14. The van der Waals surface area contributed by atoms with Crippen molar-refractivity contribution >= 4 is 17.8 Å². The standard InChI is InChI=1S/C17H25N3O5/c1-2-3-8-25-16(22)10-14-17(23)19-6-7-20(14)15(21)12-18-11-13-5-4-9-24-13/h4-5,9,14,18H,2-3,6-8,10-12H2,1H3,(H,19,23). The van der Waals surface area contributed by atoms with Crippen LogP contribution in [0.5, 0.6) is 0 Å². The van der Waals surface area contributed by atoms with Gasteiger partial charge in [-0.15, -0.1) is 0 Å². The molecule has 1 aliphatic rings. The van der Waals surface area contributed by atoms with Gasteiger partial charge in [0.1, 0.15) is 11.8 Å². The predicted octanol–water partition coefficient (Wildman–Crippen LogP) is 0.430. The van der Waals surface area contributed by atoms with Crippen LogP contribution in [0.4, 0.5) is 0 Å². The average Bonchev–Trinajstić information content (AvgIpc) is 3.10. The first-order chi connectivity index (χ1) is 12.1. The second kappa shape index (κ2) is 9.83. The Balaban J connectivity index is 1.85. The molecule has 0 spiro atoms. The Kier molecular flexibility index (Phi) is 7.46. The molecule has 2 heterocycles. The summed E-state index contributed by atoms with van der Waals surface area (Å²) in [6.45, 7) is 3.57. The van der Waals surface area contributed by atoms with Crippen LogP contribution in [0.2, 0.25) is 0 Å². The number of hydrogen-bond donors (Lipinski definition) is 2. The van der Waals surface area contributed by atoms with Gasteiger partial charge >= 0.3 is 5.97 Å². The lowest BCUT2D eigenvalue weighted by atomic mass is 10.1. The van der Waals surface area contributed by atoms with Crippen LogP contribution in [-0.2, 0) is 25.7 Å². The lowest BCUT2D eigenvalue weighted by Gasteiger charge is -2.34. The molecule has 2 amide bonds. The van der Waals surface area contributed by atoms with Crippen molar-refractivity contribution in [1.29, 1.82) is 0 Å². The maximum Gasteiger partial charge on any atom is 0.308 e. The van der Waals surface area contributed by atoms with Crippen LogP contribution in [0.25, 0.3) is 0 Å². The van der Waals surface area contributed by atoms with Gasteiger partial charge in [0, 0.05) is 13.1 Å². The SMILES string of the molecule is CCCCOC(=O)CC1C(=O)NCCN1C(=O)CNCc1ccco1. The van der Waals surface area contributed by atoms with Gasteiger partial charge in [-0.2, -0.15) is 0 Å². The molecule has 2 N–H and O–H groups in total. The van der Waals surface area contributed by atoms with E-state index in [4.69, 9.17) is 9.15 Å². The Hall–Kier alpha value is -2.35. The van der Waals surface area contributed by atoms with Crippen LogP contribution < -0.4 is 10.6 Å². The number of rotatable bonds is 9. The third kappa shape index (κ3) is 5.90. The fourth-order valence-electron chi connectivity index (χ4n) is 2.57. The number of nitrogens with zero attached hydrogens (tertiary/aromatic N) is 1. The van der Waals surface area contributed by atoms with Crippen molar-refractivity contribution in [1.82, 2.24) is 15.5 Å². The fourth-order valence-corrected chi connectivity index (χ4v) is 2.57. The van der Waals surface area contributed by atoms with Crippen molar-refractivity contribution < 1.29 is 23.5 Å². The van der Waals surface area contributed by atoms with E-state index < -0.39 is 12.0 Å². The van der Waals surface area contributed by atoms with Gasteiger partial charge in [0.25, 0.3) is 0 Å². The number of carbonyl (C=O) groups excluding carboxylic acids is 3. The summed E-state index contributed by atoms with van der Waals surface area (Å²) in [5.74, 6) is -0.289. The number of nitrogens with one attached hydrogen (secondary N) is 2. The number of hydrogen-bond acceptors (Lipinski definition) is 6. The van der Waals surface area contributed by atoms with Crippen LogP contribution in [0.3, 0.4) is 0 Å². The highest BCUT2D eigenvalue weighted by atomic mass is 16.5. The quantitative estimate of drug-likeness (QED) is 0.494. The fraction of sp³-hybridized carbons (Fsp3) is 0.588. The van der Waals surface area contributed by atoms with Gasteiger partial charge in [-0.25, -0.2) is 0 Å². The molecule has 1 aromatic heterocycles. The molecule has 1 fully saturated rings. The normalized spacial score (nSPS) is 17.2. The van der Waals surface area contributed by atoms with E-state index in [2.05, 4.69) is 10.6 Å². The molecule has 1 saturated heterocycles. The number of unbranched alkanes of at least 4 members (excludes halogenated alkanes) is 1. The maximum absolute atomic E-state index is 12.4. The molecule has 138 valence electrons. The van der Waals surface area contributed by atoms with Crippen molar-refractivity contribution in [2.75, 3.05) is 26.2 Å². The number of ether oxygens (including phenoxy) is 1. The molecular weight excluding hydrogens is 326 g/mol. The molecule has 0 radical (unpaired) electrons. The van der Waals surface area contributed by atoms with Gasteiger partial charge in [0.05, 0.1) is 32.4 Å². The highest BCUT2D eigenvalue weighted by Crippen LogP contribution is 2.11. The largest absolute Gasteiger partial charge is 0.468 e. The van der Waals surface area contributed by atoms with Crippen molar-refractivity contribution in [3.05, 3.63) is 24.2 Å². The summed E-state index contributed by atoms with van der Waals surface area (Å²) in [6, 6.07) is 2.76. The first-order valence-electron chi connectivity index (χ1n) is 8.57. The minimum atomic E-state index is -0.819. The number of esters is 1. The zero-order valence-corrected chi connectivity index (χ0v) is 14.5. The number of amides is 2. The second-order valence-electron chi connectivity index (χ2n) is 5.86. The van der Waals surface area contributed by atoms with E-state index in [0.717, 1.165) is 18.6 Å². The van der Waals surface area contributed by atoms with Crippen LogP contribution in [-0.4, -0.2) is 55.0 Å². The molecule has 8 nitrogen and oxygen atoms in total. The van der Waals surface area contributed by atoms with Crippen molar-refractivity contribution in [3.8, 4) is 0 Å². The summed E-state index contributed by atoms with van der Waals surface area (Å²) in [7, 11) is 0. The van der Waals surface area contributed by atoms with Gasteiger partial charge in [-0.3, -0.25) is 14.4 Å². The van der Waals surface area contributed by atoms with Crippen LogP contribution in [0.1, 0.15) is 31.9 Å². The maximum atomic E-state index is 12.4. The second-order valence-corrected chi connectivity index (χ2v) is 5.86. The van der Waals surface area contributed by atoms with Gasteiger partial charge in [0.15, 0.2) is 0 Å². The summed E-state index contributed by atoms with van der Waals surface area (Å²) in [4.78, 5) is 37.9. The smallest absolute Gasteiger partial charge is 0.308 e. The first-order valence-corrected chi connectivity index (χ1v) is 8.57. The van der Waals surface area contributed by atoms with E-state index in [1.54, 1.807) is 18.4 Å². The van der Waals surface area contributed by atoms with E-state index >= 15 is 0 Å². The Morgan fingerprint density at radius 2 is 2.32 bits per heavy atom. The monoisotopic (exact) mass is 351 g/mol. The molecular formula is C17H25N3O5. The van der Waals surface area contributed by atoms with Gasteiger partial charge in [-0.05, 0) is 18.6 Å². The van der Waals surface area contributed by atoms with E-state index in [9.17, 15) is 14.4 Å². The molecule has 0 aliphatic carbocycles. The van der Waals surface area contributed by atoms with E-state index in [1.807, 2.05) is 6.92 Å². The molecule has 1 aliphatic heterocycles. The average molecular weight is 351 g/mol. The minimum absolute atomic E-state index is 0.0648. The Bertz CT molecular complexity index is 573. The molecule has 2 rings (SSSR count). The molecule has 1 atom stereocenters. The highest BCUT2D eigenvalue weighted by molar-refractivity contribution is 5.92.